The van der Waals surface area contributed by atoms with Crippen molar-refractivity contribution in [2.24, 2.45) is 17.8 Å². The van der Waals surface area contributed by atoms with Crippen LogP contribution in [0.25, 0.3) is 0 Å². The molecular formula is C20H40OSi. The van der Waals surface area contributed by atoms with Crippen LogP contribution in [0.3, 0.4) is 0 Å². The number of rotatable bonds is 6. The van der Waals surface area contributed by atoms with Crippen molar-refractivity contribution in [2.75, 3.05) is 6.61 Å². The molecule has 2 heteroatoms. The van der Waals surface area contributed by atoms with E-state index in [0.29, 0.717) is 0 Å². The molecule has 2 rings (SSSR count). The van der Waals surface area contributed by atoms with Crippen LogP contribution in [0.15, 0.2) is 0 Å². The van der Waals surface area contributed by atoms with Gasteiger partial charge in [-0.25, -0.2) is 0 Å². The Morgan fingerprint density at radius 3 is 1.55 bits per heavy atom. The summed E-state index contributed by atoms with van der Waals surface area (Å²) in [6.07, 6.45) is 11.7. The monoisotopic (exact) mass is 324 g/mol. The van der Waals surface area contributed by atoms with Gasteiger partial charge in [0.05, 0.1) is 0 Å². The third-order valence-corrected chi connectivity index (χ3v) is 12.8. The zero-order valence-electron chi connectivity index (χ0n) is 15.9. The van der Waals surface area contributed by atoms with Gasteiger partial charge in [-0.2, -0.15) is 0 Å². The Kier molecular flexibility index (Phi) is 7.01. The van der Waals surface area contributed by atoms with Crippen molar-refractivity contribution in [3.8, 4) is 0 Å². The topological polar surface area (TPSA) is 9.23 Å². The Balaban J connectivity index is 2.20. The van der Waals surface area contributed by atoms with Gasteiger partial charge in [0.15, 0.2) is 8.32 Å². The predicted octanol–water partition coefficient (Wildman–Crippen LogP) is 6.79. The van der Waals surface area contributed by atoms with Crippen LogP contribution >= 0.6 is 0 Å². The molecule has 0 saturated heterocycles. The summed E-state index contributed by atoms with van der Waals surface area (Å²) in [6.45, 7) is 13.0. The lowest BCUT2D eigenvalue weighted by Gasteiger charge is -2.49. The van der Waals surface area contributed by atoms with Gasteiger partial charge in [-0.3, -0.25) is 0 Å². The number of hydrogen-bond donors (Lipinski definition) is 0. The average molecular weight is 325 g/mol. The van der Waals surface area contributed by atoms with E-state index in [1.165, 1.54) is 57.4 Å². The molecule has 0 heterocycles. The lowest BCUT2D eigenvalue weighted by molar-refractivity contribution is 0.249. The van der Waals surface area contributed by atoms with Crippen LogP contribution in [0.1, 0.15) is 86.0 Å². The highest BCUT2D eigenvalue weighted by atomic mass is 28.4. The zero-order chi connectivity index (χ0) is 16.2. The Hall–Kier alpha value is 0.177. The quantitative estimate of drug-likeness (QED) is 0.489. The predicted molar refractivity (Wildman–Crippen MR) is 99.8 cm³/mol. The van der Waals surface area contributed by atoms with E-state index in [-0.39, 0.29) is 0 Å². The minimum atomic E-state index is -1.62. The van der Waals surface area contributed by atoms with Crippen LogP contribution in [-0.2, 0) is 4.43 Å². The van der Waals surface area contributed by atoms with Crippen LogP contribution < -0.4 is 0 Å². The van der Waals surface area contributed by atoms with E-state index in [9.17, 15) is 0 Å². The summed E-state index contributed by atoms with van der Waals surface area (Å²) in [5, 5.41) is 0. The highest BCUT2D eigenvalue weighted by Gasteiger charge is 2.50. The molecule has 130 valence electrons. The minimum absolute atomic E-state index is 0.803. The molecule has 0 unspecified atom stereocenters. The number of hydrogen-bond acceptors (Lipinski definition) is 1. The average Bonchev–Trinajstić information content (AvgIpc) is 2.47. The third-order valence-electron chi connectivity index (χ3n) is 6.55. The Labute approximate surface area is 140 Å². The lowest BCUT2D eigenvalue weighted by atomic mass is 9.90. The first-order valence-corrected chi connectivity index (χ1v) is 12.4. The van der Waals surface area contributed by atoms with Crippen LogP contribution in [0, 0.1) is 17.8 Å². The van der Waals surface area contributed by atoms with E-state index in [2.05, 4.69) is 34.6 Å². The van der Waals surface area contributed by atoms with E-state index in [0.717, 1.165) is 35.4 Å². The maximum Gasteiger partial charge on any atom is 0.199 e. The van der Waals surface area contributed by atoms with Gasteiger partial charge < -0.3 is 4.43 Å². The highest BCUT2D eigenvalue weighted by Crippen LogP contribution is 2.52. The first-order valence-electron chi connectivity index (χ1n) is 10.1. The molecule has 2 fully saturated rings. The fourth-order valence-electron chi connectivity index (χ4n) is 5.37. The molecule has 0 aromatic carbocycles. The maximum atomic E-state index is 6.83. The standard InChI is InChI=1S/C20H40OSi/c1-6-21-22(15-16(2)3,19-11-7-17(4)8-12-19)20-13-9-18(5)10-14-20/h16-20H,6-15H2,1-5H3. The largest absolute Gasteiger partial charge is 0.417 e. The fourth-order valence-corrected chi connectivity index (χ4v) is 11.7. The SMILES string of the molecule is CCO[Si](CC(C)C)(C1CCC(C)CC1)C1CCC(C)CC1. The molecule has 0 amide bonds. The van der Waals surface area contributed by atoms with Crippen molar-refractivity contribution in [3.05, 3.63) is 0 Å². The molecular weight excluding hydrogens is 284 g/mol. The van der Waals surface area contributed by atoms with Gasteiger partial charge in [0.25, 0.3) is 0 Å². The van der Waals surface area contributed by atoms with Gasteiger partial charge in [-0.15, -0.1) is 0 Å². The molecule has 0 N–H and O–H groups in total. The maximum absolute atomic E-state index is 6.83. The summed E-state index contributed by atoms with van der Waals surface area (Å²) in [4.78, 5) is 0. The molecule has 2 aliphatic carbocycles. The normalized spacial score (nSPS) is 36.3. The Morgan fingerprint density at radius 2 is 1.23 bits per heavy atom. The molecule has 2 saturated carbocycles. The summed E-state index contributed by atoms with van der Waals surface area (Å²) in [7, 11) is -1.62. The second-order valence-electron chi connectivity index (χ2n) is 8.90. The van der Waals surface area contributed by atoms with Crippen LogP contribution in [-0.4, -0.2) is 14.9 Å². The molecule has 0 aliphatic heterocycles. The van der Waals surface area contributed by atoms with Gasteiger partial charge in [-0.05, 0) is 41.8 Å². The Morgan fingerprint density at radius 1 is 0.818 bits per heavy atom. The fraction of sp³-hybridized carbons (Fsp3) is 1.00. The molecule has 0 aromatic heterocycles. The van der Waals surface area contributed by atoms with Crippen molar-refractivity contribution in [1.29, 1.82) is 0 Å². The molecule has 0 aromatic rings. The smallest absolute Gasteiger partial charge is 0.199 e. The van der Waals surface area contributed by atoms with Gasteiger partial charge in [0, 0.05) is 6.61 Å². The van der Waals surface area contributed by atoms with Crippen molar-refractivity contribution in [2.45, 2.75) is 103 Å². The summed E-state index contributed by atoms with van der Waals surface area (Å²) >= 11 is 0. The second-order valence-corrected chi connectivity index (χ2v) is 13.1. The molecule has 0 atom stereocenters. The van der Waals surface area contributed by atoms with Gasteiger partial charge >= 0.3 is 0 Å². The molecule has 2 aliphatic rings. The molecule has 0 radical (unpaired) electrons. The van der Waals surface area contributed by atoms with Gasteiger partial charge in [-0.1, -0.05) is 79.1 Å². The van der Waals surface area contributed by atoms with E-state index < -0.39 is 8.32 Å². The zero-order valence-corrected chi connectivity index (χ0v) is 16.9. The first-order chi connectivity index (χ1) is 10.5. The van der Waals surface area contributed by atoms with Crippen molar-refractivity contribution in [3.63, 3.8) is 0 Å². The van der Waals surface area contributed by atoms with E-state index in [4.69, 9.17) is 4.43 Å². The van der Waals surface area contributed by atoms with E-state index >= 15 is 0 Å². The summed E-state index contributed by atoms with van der Waals surface area (Å²) < 4.78 is 6.83. The summed E-state index contributed by atoms with van der Waals surface area (Å²) in [5.74, 6) is 2.71. The van der Waals surface area contributed by atoms with Crippen molar-refractivity contribution in [1.82, 2.24) is 0 Å². The highest BCUT2D eigenvalue weighted by molar-refractivity contribution is 6.76. The van der Waals surface area contributed by atoms with Gasteiger partial charge in [0.1, 0.15) is 0 Å². The summed E-state index contributed by atoms with van der Waals surface area (Å²) in [5.41, 5.74) is 1.90. The summed E-state index contributed by atoms with van der Waals surface area (Å²) in [6, 6.07) is 1.42. The van der Waals surface area contributed by atoms with E-state index in [1.807, 2.05) is 0 Å². The molecule has 0 spiro atoms. The second kappa shape index (κ2) is 8.33. The van der Waals surface area contributed by atoms with Crippen LogP contribution in [0.2, 0.25) is 17.1 Å². The van der Waals surface area contributed by atoms with Gasteiger partial charge in [0.2, 0.25) is 0 Å². The van der Waals surface area contributed by atoms with Crippen molar-refractivity contribution < 1.29 is 4.43 Å². The van der Waals surface area contributed by atoms with E-state index in [1.54, 1.807) is 0 Å². The molecule has 1 nitrogen and oxygen atoms in total. The minimum Gasteiger partial charge on any atom is -0.417 e. The Bertz CT molecular complexity index is 290. The first kappa shape index (κ1) is 18.5. The van der Waals surface area contributed by atoms with Crippen LogP contribution in [0.5, 0.6) is 0 Å². The third kappa shape index (κ3) is 4.38. The van der Waals surface area contributed by atoms with Crippen LogP contribution in [0.4, 0.5) is 0 Å². The lowest BCUT2D eigenvalue weighted by Crippen LogP contribution is -2.51. The molecule has 0 bridgehead atoms. The molecule has 22 heavy (non-hydrogen) atoms. The van der Waals surface area contributed by atoms with Crippen molar-refractivity contribution >= 4 is 8.32 Å².